The van der Waals surface area contributed by atoms with Crippen molar-refractivity contribution in [1.82, 2.24) is 14.5 Å². The number of aromatic nitrogens is 2. The molecular formula is C20H22N4O4S. The molecule has 9 heteroatoms. The summed E-state index contributed by atoms with van der Waals surface area (Å²) in [5.74, 6) is -1.35. The van der Waals surface area contributed by atoms with E-state index in [0.29, 0.717) is 17.4 Å². The largest absolute Gasteiger partial charge is 0.396 e. The molecule has 2 aromatic heterocycles. The summed E-state index contributed by atoms with van der Waals surface area (Å²) >= 11 is 1.32. The summed E-state index contributed by atoms with van der Waals surface area (Å²) in [4.78, 5) is 44.9. The fourth-order valence-electron chi connectivity index (χ4n) is 5.00. The second kappa shape index (κ2) is 7.07. The Kier molecular flexibility index (Phi) is 4.51. The van der Waals surface area contributed by atoms with E-state index < -0.39 is 17.9 Å². The molecule has 8 nitrogen and oxygen atoms in total. The summed E-state index contributed by atoms with van der Waals surface area (Å²) in [7, 11) is 0. The van der Waals surface area contributed by atoms with E-state index in [2.05, 4.69) is 10.3 Å². The van der Waals surface area contributed by atoms with Crippen molar-refractivity contribution in [3.05, 3.63) is 45.8 Å². The summed E-state index contributed by atoms with van der Waals surface area (Å²) in [6.07, 6.45) is 4.36. The highest BCUT2D eigenvalue weighted by Gasteiger charge is 2.58. The molecule has 1 saturated heterocycles. The molecular weight excluding hydrogens is 392 g/mol. The molecule has 2 fully saturated rings. The Hall–Kier alpha value is -2.52. The third-order valence-electron chi connectivity index (χ3n) is 6.59. The van der Waals surface area contributed by atoms with Gasteiger partial charge in [0, 0.05) is 48.3 Å². The molecule has 3 aliphatic rings. The number of rotatable bonds is 4. The van der Waals surface area contributed by atoms with Crippen LogP contribution in [0.2, 0.25) is 0 Å². The predicted octanol–water partition coefficient (Wildman–Crippen LogP) is 1.23. The predicted molar refractivity (Wildman–Crippen MR) is 106 cm³/mol. The van der Waals surface area contributed by atoms with Crippen molar-refractivity contribution < 1.29 is 14.7 Å². The average Bonchev–Trinajstić information content (AvgIpc) is 3.24. The Morgan fingerprint density at radius 2 is 2.14 bits per heavy atom. The first-order valence-corrected chi connectivity index (χ1v) is 10.8. The molecule has 29 heavy (non-hydrogen) atoms. The quantitative estimate of drug-likeness (QED) is 0.783. The summed E-state index contributed by atoms with van der Waals surface area (Å²) < 4.78 is 1.65. The number of aliphatic hydroxyl groups excluding tert-OH is 1. The normalized spacial score (nSPS) is 28.0. The number of thiazole rings is 1. The number of amides is 2. The number of anilines is 1. The van der Waals surface area contributed by atoms with E-state index in [-0.39, 0.29) is 35.9 Å². The highest BCUT2D eigenvalue weighted by molar-refractivity contribution is 7.13. The van der Waals surface area contributed by atoms with Gasteiger partial charge in [0.2, 0.25) is 11.8 Å². The molecule has 2 N–H and O–H groups in total. The number of hydrogen-bond acceptors (Lipinski definition) is 6. The van der Waals surface area contributed by atoms with E-state index in [1.807, 2.05) is 6.07 Å². The van der Waals surface area contributed by atoms with E-state index in [9.17, 15) is 19.5 Å². The second-order valence-electron chi connectivity index (χ2n) is 7.98. The van der Waals surface area contributed by atoms with Gasteiger partial charge in [0.05, 0.1) is 18.0 Å². The Balaban J connectivity index is 1.59. The molecule has 2 aromatic rings. The van der Waals surface area contributed by atoms with Crippen LogP contribution in [-0.2, 0) is 16.1 Å². The van der Waals surface area contributed by atoms with E-state index in [1.54, 1.807) is 27.1 Å². The van der Waals surface area contributed by atoms with Crippen molar-refractivity contribution in [2.24, 2.45) is 17.8 Å². The Morgan fingerprint density at radius 3 is 2.79 bits per heavy atom. The maximum Gasteiger partial charge on any atom is 0.250 e. The molecule has 0 aromatic carbocycles. The van der Waals surface area contributed by atoms with Gasteiger partial charge >= 0.3 is 0 Å². The zero-order chi connectivity index (χ0) is 20.1. The molecule has 1 saturated carbocycles. The lowest BCUT2D eigenvalue weighted by Gasteiger charge is -2.41. The van der Waals surface area contributed by atoms with Gasteiger partial charge in [-0.2, -0.15) is 0 Å². The minimum Gasteiger partial charge on any atom is -0.396 e. The summed E-state index contributed by atoms with van der Waals surface area (Å²) in [6, 6.07) is 4.03. The highest BCUT2D eigenvalue weighted by atomic mass is 32.1. The first kappa shape index (κ1) is 18.5. The first-order valence-electron chi connectivity index (χ1n) is 9.93. The summed E-state index contributed by atoms with van der Waals surface area (Å²) in [6.45, 7) is 0.0739. The highest BCUT2D eigenvalue weighted by Crippen LogP contribution is 2.50. The molecule has 1 aliphatic carbocycles. The first-order chi connectivity index (χ1) is 14.1. The lowest BCUT2D eigenvalue weighted by Crippen LogP contribution is -2.51. The monoisotopic (exact) mass is 414 g/mol. The van der Waals surface area contributed by atoms with Crippen LogP contribution >= 0.6 is 11.3 Å². The van der Waals surface area contributed by atoms with Crippen LogP contribution in [0, 0.1) is 17.8 Å². The summed E-state index contributed by atoms with van der Waals surface area (Å²) in [5, 5.41) is 15.3. The maximum absolute atomic E-state index is 13.3. The Bertz CT molecular complexity index is 1000. The molecule has 2 aliphatic heterocycles. The summed E-state index contributed by atoms with van der Waals surface area (Å²) in [5.41, 5.74) is 0.516. The van der Waals surface area contributed by atoms with Gasteiger partial charge in [-0.3, -0.25) is 14.4 Å². The van der Waals surface area contributed by atoms with Gasteiger partial charge in [-0.25, -0.2) is 4.98 Å². The zero-order valence-electron chi connectivity index (χ0n) is 15.7. The zero-order valence-corrected chi connectivity index (χ0v) is 16.5. The van der Waals surface area contributed by atoms with Gasteiger partial charge in [-0.1, -0.05) is 12.5 Å². The Morgan fingerprint density at radius 1 is 1.31 bits per heavy atom. The number of nitrogens with one attached hydrogen (secondary N) is 1. The van der Waals surface area contributed by atoms with E-state index in [4.69, 9.17) is 0 Å². The van der Waals surface area contributed by atoms with Gasteiger partial charge in [0.1, 0.15) is 0 Å². The number of nitrogens with zero attached hydrogens (tertiary/aromatic N) is 3. The standard InChI is InChI=1S/C20H22N4O4S/c25-10-12-14-9-23-13(5-2-6-15(23)26)17(24(14)19(28)11-3-1-4-11)16(12)18(27)22-20-21-7-8-29-20/h2,5-8,11-12,14,16-17,25H,1,3-4,9-10H2,(H,21,22,27)/t12-,14-,16+,17+/m1/s1. The van der Waals surface area contributed by atoms with Crippen LogP contribution in [-0.4, -0.2) is 44.0 Å². The van der Waals surface area contributed by atoms with Gasteiger partial charge in [0.25, 0.3) is 5.56 Å². The second-order valence-corrected chi connectivity index (χ2v) is 8.88. The fourth-order valence-corrected chi connectivity index (χ4v) is 5.53. The molecule has 4 heterocycles. The van der Waals surface area contributed by atoms with Crippen LogP contribution in [0.5, 0.6) is 0 Å². The van der Waals surface area contributed by atoms with E-state index in [1.165, 1.54) is 17.4 Å². The van der Waals surface area contributed by atoms with Crippen LogP contribution in [0.25, 0.3) is 0 Å². The van der Waals surface area contributed by atoms with Crippen LogP contribution in [0.15, 0.2) is 34.6 Å². The third-order valence-corrected chi connectivity index (χ3v) is 7.28. The molecule has 0 spiro atoms. The third kappa shape index (κ3) is 2.83. The lowest BCUT2D eigenvalue weighted by atomic mass is 9.83. The van der Waals surface area contributed by atoms with E-state index in [0.717, 1.165) is 19.3 Å². The van der Waals surface area contributed by atoms with Crippen molar-refractivity contribution in [3.63, 3.8) is 0 Å². The smallest absolute Gasteiger partial charge is 0.250 e. The fraction of sp³-hybridized carbons (Fsp3) is 0.500. The number of hydrogen-bond donors (Lipinski definition) is 2. The molecule has 2 amide bonds. The molecule has 0 unspecified atom stereocenters. The molecule has 2 bridgehead atoms. The van der Waals surface area contributed by atoms with Crippen molar-refractivity contribution in [2.75, 3.05) is 11.9 Å². The van der Waals surface area contributed by atoms with Crippen LogP contribution < -0.4 is 10.9 Å². The van der Waals surface area contributed by atoms with Crippen molar-refractivity contribution in [2.45, 2.75) is 37.9 Å². The molecule has 152 valence electrons. The van der Waals surface area contributed by atoms with Gasteiger partial charge in [-0.15, -0.1) is 11.3 Å². The number of aliphatic hydroxyl groups is 1. The van der Waals surface area contributed by atoms with Crippen molar-refractivity contribution >= 4 is 28.3 Å². The van der Waals surface area contributed by atoms with Crippen molar-refractivity contribution in [3.8, 4) is 0 Å². The van der Waals surface area contributed by atoms with Gasteiger partial charge < -0.3 is 19.9 Å². The molecule has 0 radical (unpaired) electrons. The minimum atomic E-state index is -0.645. The van der Waals surface area contributed by atoms with Gasteiger partial charge in [-0.05, 0) is 18.9 Å². The number of carbonyl (C=O) groups excluding carboxylic acids is 2. The van der Waals surface area contributed by atoms with Crippen LogP contribution in [0.4, 0.5) is 5.13 Å². The number of carbonyl (C=O) groups is 2. The molecule has 4 atom stereocenters. The topological polar surface area (TPSA) is 105 Å². The van der Waals surface area contributed by atoms with Crippen LogP contribution in [0.3, 0.4) is 0 Å². The minimum absolute atomic E-state index is 0.0258. The number of fused-ring (bicyclic) bond motifs is 4. The average molecular weight is 414 g/mol. The van der Waals surface area contributed by atoms with Crippen molar-refractivity contribution in [1.29, 1.82) is 0 Å². The Labute approximate surface area is 171 Å². The van der Waals surface area contributed by atoms with Crippen LogP contribution in [0.1, 0.15) is 31.0 Å². The SMILES string of the molecule is O=C(Nc1nccs1)[C@H]1[C@H](CO)[C@H]2Cn3c(cccc3=O)[C@@H]1N2C(=O)C1CCC1. The lowest BCUT2D eigenvalue weighted by molar-refractivity contribution is -0.143. The van der Waals surface area contributed by atoms with Gasteiger partial charge in [0.15, 0.2) is 5.13 Å². The molecule has 5 rings (SSSR count). The van der Waals surface area contributed by atoms with E-state index >= 15 is 0 Å². The number of pyridine rings is 1. The maximum atomic E-state index is 13.3.